The number of benzene rings is 1. The molecule has 0 radical (unpaired) electrons. The van der Waals surface area contributed by atoms with Gasteiger partial charge in [0.15, 0.2) is 0 Å². The van der Waals surface area contributed by atoms with Gasteiger partial charge in [0, 0.05) is 16.7 Å². The summed E-state index contributed by atoms with van der Waals surface area (Å²) in [6.45, 7) is 8.03. The molecule has 2 nitrogen and oxygen atoms in total. The molecule has 1 atom stereocenters. The third-order valence-corrected chi connectivity index (χ3v) is 3.30. The van der Waals surface area contributed by atoms with Gasteiger partial charge in [0.2, 0.25) is 0 Å². The molecule has 0 spiro atoms. The second-order valence-corrected chi connectivity index (χ2v) is 5.08. The fourth-order valence-corrected chi connectivity index (χ4v) is 1.65. The van der Waals surface area contributed by atoms with E-state index in [0.717, 1.165) is 23.3 Å². The second-order valence-electron chi connectivity index (χ2n) is 4.23. The SMILES string of the molecule is CC(C)C(C)OCCNc1ccccc1Br. The minimum atomic E-state index is 0.320. The van der Waals surface area contributed by atoms with Gasteiger partial charge in [-0.1, -0.05) is 26.0 Å². The fraction of sp³-hybridized carbons (Fsp3) is 0.538. The Hall–Kier alpha value is -0.540. The van der Waals surface area contributed by atoms with Gasteiger partial charge in [-0.2, -0.15) is 0 Å². The maximum absolute atomic E-state index is 5.69. The second kappa shape index (κ2) is 6.92. The number of nitrogens with one attached hydrogen (secondary N) is 1. The topological polar surface area (TPSA) is 21.3 Å². The summed E-state index contributed by atoms with van der Waals surface area (Å²) in [4.78, 5) is 0. The summed E-state index contributed by atoms with van der Waals surface area (Å²) in [5, 5.41) is 3.34. The lowest BCUT2D eigenvalue weighted by Crippen LogP contribution is -2.19. The predicted octanol–water partition coefficient (Wildman–Crippen LogP) is 3.92. The maximum Gasteiger partial charge on any atom is 0.0642 e. The summed E-state index contributed by atoms with van der Waals surface area (Å²) in [6.07, 6.45) is 0.320. The largest absolute Gasteiger partial charge is 0.382 e. The van der Waals surface area contributed by atoms with E-state index < -0.39 is 0 Å². The Morgan fingerprint density at radius 2 is 1.94 bits per heavy atom. The molecule has 0 aliphatic heterocycles. The molecular formula is C13H20BrNO. The molecule has 0 amide bonds. The van der Waals surface area contributed by atoms with Crippen LogP contribution in [-0.2, 0) is 4.74 Å². The number of para-hydroxylation sites is 1. The van der Waals surface area contributed by atoms with Crippen molar-refractivity contribution in [1.29, 1.82) is 0 Å². The van der Waals surface area contributed by atoms with E-state index in [1.807, 2.05) is 18.2 Å². The molecule has 0 saturated carbocycles. The van der Waals surface area contributed by atoms with Gasteiger partial charge in [0.1, 0.15) is 0 Å². The Kier molecular flexibility index (Phi) is 5.85. The molecule has 90 valence electrons. The molecular weight excluding hydrogens is 266 g/mol. The van der Waals surface area contributed by atoms with Crippen molar-refractivity contribution in [2.45, 2.75) is 26.9 Å². The molecule has 0 heterocycles. The number of anilines is 1. The first-order chi connectivity index (χ1) is 7.61. The molecule has 1 aromatic rings. The average molecular weight is 286 g/mol. The third-order valence-electron chi connectivity index (χ3n) is 2.61. The van der Waals surface area contributed by atoms with Crippen LogP contribution in [0.5, 0.6) is 0 Å². The summed E-state index contributed by atoms with van der Waals surface area (Å²) < 4.78 is 6.78. The van der Waals surface area contributed by atoms with Gasteiger partial charge in [-0.05, 0) is 40.9 Å². The Morgan fingerprint density at radius 1 is 1.25 bits per heavy atom. The van der Waals surface area contributed by atoms with Crippen molar-refractivity contribution in [2.24, 2.45) is 5.92 Å². The normalized spacial score (nSPS) is 12.8. The molecule has 0 saturated heterocycles. The summed E-state index contributed by atoms with van der Waals surface area (Å²) in [5.74, 6) is 0.573. The van der Waals surface area contributed by atoms with Crippen molar-refractivity contribution < 1.29 is 4.74 Å². The first kappa shape index (κ1) is 13.5. The maximum atomic E-state index is 5.69. The van der Waals surface area contributed by atoms with Crippen LogP contribution >= 0.6 is 15.9 Å². The van der Waals surface area contributed by atoms with Crippen LogP contribution in [0.1, 0.15) is 20.8 Å². The van der Waals surface area contributed by atoms with Crippen LogP contribution in [0.4, 0.5) is 5.69 Å². The van der Waals surface area contributed by atoms with Crippen molar-refractivity contribution in [3.63, 3.8) is 0 Å². The van der Waals surface area contributed by atoms with Crippen molar-refractivity contribution in [1.82, 2.24) is 0 Å². The highest BCUT2D eigenvalue weighted by Gasteiger charge is 2.06. The van der Waals surface area contributed by atoms with Gasteiger partial charge < -0.3 is 10.1 Å². The van der Waals surface area contributed by atoms with E-state index in [0.29, 0.717) is 12.0 Å². The fourth-order valence-electron chi connectivity index (χ4n) is 1.23. The van der Waals surface area contributed by atoms with E-state index in [1.54, 1.807) is 0 Å². The molecule has 0 fully saturated rings. The summed E-state index contributed by atoms with van der Waals surface area (Å²) in [5.41, 5.74) is 1.11. The quantitative estimate of drug-likeness (QED) is 0.800. The van der Waals surface area contributed by atoms with Crippen molar-refractivity contribution in [2.75, 3.05) is 18.5 Å². The number of halogens is 1. The van der Waals surface area contributed by atoms with E-state index in [1.165, 1.54) is 0 Å². The third kappa shape index (κ3) is 4.54. The molecule has 1 N–H and O–H groups in total. The van der Waals surface area contributed by atoms with E-state index >= 15 is 0 Å². The first-order valence-electron chi connectivity index (χ1n) is 5.71. The Balaban J connectivity index is 2.24. The van der Waals surface area contributed by atoms with E-state index in [-0.39, 0.29) is 0 Å². The molecule has 0 aliphatic carbocycles. The first-order valence-corrected chi connectivity index (χ1v) is 6.50. The zero-order valence-corrected chi connectivity index (χ0v) is 11.8. The number of ether oxygens (including phenoxy) is 1. The van der Waals surface area contributed by atoms with Gasteiger partial charge in [0.25, 0.3) is 0 Å². The zero-order valence-electron chi connectivity index (χ0n) is 10.2. The van der Waals surface area contributed by atoms with Crippen LogP contribution < -0.4 is 5.32 Å². The molecule has 0 bridgehead atoms. The minimum absolute atomic E-state index is 0.320. The van der Waals surface area contributed by atoms with E-state index in [2.05, 4.69) is 48.1 Å². The molecule has 1 aromatic carbocycles. The number of rotatable bonds is 6. The number of hydrogen-bond donors (Lipinski definition) is 1. The van der Waals surface area contributed by atoms with E-state index in [9.17, 15) is 0 Å². The smallest absolute Gasteiger partial charge is 0.0642 e. The van der Waals surface area contributed by atoms with Crippen LogP contribution in [0.3, 0.4) is 0 Å². The van der Waals surface area contributed by atoms with Gasteiger partial charge >= 0.3 is 0 Å². The molecule has 3 heteroatoms. The van der Waals surface area contributed by atoms with Gasteiger partial charge in [-0.25, -0.2) is 0 Å². The standard InChI is InChI=1S/C13H20BrNO/c1-10(2)11(3)16-9-8-15-13-7-5-4-6-12(13)14/h4-7,10-11,15H,8-9H2,1-3H3. The Labute approximate surface area is 107 Å². The summed E-state index contributed by atoms with van der Waals surface area (Å²) in [7, 11) is 0. The van der Waals surface area contributed by atoms with Gasteiger partial charge in [0.05, 0.1) is 12.7 Å². The monoisotopic (exact) mass is 285 g/mol. The van der Waals surface area contributed by atoms with E-state index in [4.69, 9.17) is 4.74 Å². The molecule has 0 aromatic heterocycles. The summed E-state index contributed by atoms with van der Waals surface area (Å²) >= 11 is 3.50. The van der Waals surface area contributed by atoms with Crippen molar-refractivity contribution in [3.05, 3.63) is 28.7 Å². The summed E-state index contributed by atoms with van der Waals surface area (Å²) in [6, 6.07) is 8.10. The lowest BCUT2D eigenvalue weighted by Gasteiger charge is -2.17. The van der Waals surface area contributed by atoms with Crippen LogP contribution in [-0.4, -0.2) is 19.3 Å². The van der Waals surface area contributed by atoms with Gasteiger partial charge in [-0.3, -0.25) is 0 Å². The zero-order chi connectivity index (χ0) is 12.0. The molecule has 0 aliphatic rings. The lowest BCUT2D eigenvalue weighted by molar-refractivity contribution is 0.0421. The van der Waals surface area contributed by atoms with Crippen LogP contribution in [0.15, 0.2) is 28.7 Å². The molecule has 1 rings (SSSR count). The van der Waals surface area contributed by atoms with Crippen molar-refractivity contribution in [3.8, 4) is 0 Å². The molecule has 1 unspecified atom stereocenters. The minimum Gasteiger partial charge on any atom is -0.382 e. The van der Waals surface area contributed by atoms with Crippen LogP contribution in [0, 0.1) is 5.92 Å². The Morgan fingerprint density at radius 3 is 2.56 bits per heavy atom. The highest BCUT2D eigenvalue weighted by atomic mass is 79.9. The van der Waals surface area contributed by atoms with Crippen LogP contribution in [0.2, 0.25) is 0 Å². The average Bonchev–Trinajstić information content (AvgIpc) is 2.26. The van der Waals surface area contributed by atoms with Crippen molar-refractivity contribution >= 4 is 21.6 Å². The van der Waals surface area contributed by atoms with Crippen LogP contribution in [0.25, 0.3) is 0 Å². The lowest BCUT2D eigenvalue weighted by atomic mass is 10.1. The number of hydrogen-bond acceptors (Lipinski definition) is 2. The highest BCUT2D eigenvalue weighted by Crippen LogP contribution is 2.20. The highest BCUT2D eigenvalue weighted by molar-refractivity contribution is 9.10. The Bertz CT molecular complexity index is 315. The predicted molar refractivity (Wildman–Crippen MR) is 72.9 cm³/mol. The molecule has 16 heavy (non-hydrogen) atoms. The van der Waals surface area contributed by atoms with Gasteiger partial charge in [-0.15, -0.1) is 0 Å².